The third-order valence-electron chi connectivity index (χ3n) is 2.90. The third kappa shape index (κ3) is 2.84. The first kappa shape index (κ1) is 13.8. The van der Waals surface area contributed by atoms with Crippen molar-refractivity contribution in [1.82, 2.24) is 15.6 Å². The Balaban J connectivity index is 2.23. The lowest BCUT2D eigenvalue weighted by atomic mass is 10.2. The highest BCUT2D eigenvalue weighted by atomic mass is 35.5. The first-order chi connectivity index (χ1) is 8.40. The van der Waals surface area contributed by atoms with Crippen molar-refractivity contribution in [3.63, 3.8) is 0 Å². The summed E-state index contributed by atoms with van der Waals surface area (Å²) in [5.74, 6) is 0. The first-order valence-corrected chi connectivity index (χ1v) is 7.55. The van der Waals surface area contributed by atoms with Crippen molar-refractivity contribution in [2.24, 2.45) is 0 Å². The van der Waals surface area contributed by atoms with Crippen LogP contribution in [0.4, 0.5) is 0 Å². The normalized spacial score (nSPS) is 24.4. The fourth-order valence-corrected chi connectivity index (χ4v) is 3.58. The fraction of sp³-hybridized carbons (Fsp3) is 0.455. The molecule has 1 aliphatic rings. The molecule has 100 valence electrons. The standard InChI is InChI=1S/C11H16ClN3O2S/c1-7-6-11(14-13-7)15-18(16,17)10-5-3-4-9(12)8(10)2/h3-5,7,11,13-15H,6H2,1-2H3. The van der Waals surface area contributed by atoms with Crippen LogP contribution >= 0.6 is 11.6 Å². The second-order valence-corrected chi connectivity index (χ2v) is 6.55. The molecule has 1 aromatic rings. The van der Waals surface area contributed by atoms with E-state index in [-0.39, 0.29) is 17.1 Å². The van der Waals surface area contributed by atoms with Gasteiger partial charge in [0.1, 0.15) is 0 Å². The Hall–Kier alpha value is -0.660. The van der Waals surface area contributed by atoms with Gasteiger partial charge in [0.05, 0.1) is 11.1 Å². The van der Waals surface area contributed by atoms with Crippen LogP contribution in [0.3, 0.4) is 0 Å². The molecule has 0 saturated carbocycles. The maximum atomic E-state index is 12.2. The highest BCUT2D eigenvalue weighted by molar-refractivity contribution is 7.89. The van der Waals surface area contributed by atoms with Gasteiger partial charge in [0.15, 0.2) is 0 Å². The monoisotopic (exact) mass is 289 g/mol. The summed E-state index contributed by atoms with van der Waals surface area (Å²) in [6.07, 6.45) is 0.391. The Morgan fingerprint density at radius 1 is 1.39 bits per heavy atom. The Morgan fingerprint density at radius 2 is 2.11 bits per heavy atom. The molecular formula is C11H16ClN3O2S. The molecule has 2 rings (SSSR count). The average Bonchev–Trinajstić information content (AvgIpc) is 2.67. The van der Waals surface area contributed by atoms with Crippen molar-refractivity contribution >= 4 is 21.6 Å². The zero-order valence-electron chi connectivity index (χ0n) is 10.2. The first-order valence-electron chi connectivity index (χ1n) is 5.68. The van der Waals surface area contributed by atoms with E-state index in [0.29, 0.717) is 17.0 Å². The molecule has 0 amide bonds. The molecule has 0 aliphatic carbocycles. The number of hydrazine groups is 1. The second-order valence-electron chi connectivity index (χ2n) is 4.46. The van der Waals surface area contributed by atoms with E-state index in [1.165, 1.54) is 0 Å². The van der Waals surface area contributed by atoms with Crippen molar-refractivity contribution in [3.05, 3.63) is 28.8 Å². The van der Waals surface area contributed by atoms with Gasteiger partial charge in [-0.2, -0.15) is 4.72 Å². The molecule has 3 N–H and O–H groups in total. The summed E-state index contributed by atoms with van der Waals surface area (Å²) < 4.78 is 27.1. The lowest BCUT2D eigenvalue weighted by Crippen LogP contribution is -2.44. The van der Waals surface area contributed by atoms with Crippen LogP contribution in [0.2, 0.25) is 5.02 Å². The Morgan fingerprint density at radius 3 is 2.72 bits per heavy atom. The lowest BCUT2D eigenvalue weighted by molar-refractivity contribution is 0.505. The van der Waals surface area contributed by atoms with Crippen LogP contribution in [0.5, 0.6) is 0 Å². The second kappa shape index (κ2) is 5.14. The van der Waals surface area contributed by atoms with Gasteiger partial charge in [0, 0.05) is 11.1 Å². The highest BCUT2D eigenvalue weighted by Gasteiger charge is 2.26. The maximum absolute atomic E-state index is 12.2. The van der Waals surface area contributed by atoms with Crippen LogP contribution in [0.25, 0.3) is 0 Å². The van der Waals surface area contributed by atoms with Crippen LogP contribution in [-0.2, 0) is 10.0 Å². The minimum absolute atomic E-state index is 0.219. The summed E-state index contributed by atoms with van der Waals surface area (Å²) >= 11 is 5.94. The van der Waals surface area contributed by atoms with Crippen LogP contribution < -0.4 is 15.6 Å². The van der Waals surface area contributed by atoms with Crippen LogP contribution in [-0.4, -0.2) is 20.6 Å². The smallest absolute Gasteiger partial charge is 0.242 e. The van der Waals surface area contributed by atoms with Gasteiger partial charge < -0.3 is 0 Å². The van der Waals surface area contributed by atoms with Crippen LogP contribution in [0, 0.1) is 6.92 Å². The zero-order valence-corrected chi connectivity index (χ0v) is 11.8. The quantitative estimate of drug-likeness (QED) is 0.780. The van der Waals surface area contributed by atoms with Gasteiger partial charge in [-0.25, -0.2) is 13.8 Å². The van der Waals surface area contributed by atoms with E-state index in [1.54, 1.807) is 25.1 Å². The topological polar surface area (TPSA) is 70.2 Å². The predicted octanol–water partition coefficient (Wildman–Crippen LogP) is 1.14. The number of hydrogen-bond acceptors (Lipinski definition) is 4. The molecule has 1 saturated heterocycles. The van der Waals surface area contributed by atoms with Crippen molar-refractivity contribution in [2.45, 2.75) is 37.4 Å². The largest absolute Gasteiger partial charge is 0.253 e. The molecule has 2 atom stereocenters. The van der Waals surface area contributed by atoms with Gasteiger partial charge >= 0.3 is 0 Å². The highest BCUT2D eigenvalue weighted by Crippen LogP contribution is 2.23. The van der Waals surface area contributed by atoms with E-state index < -0.39 is 10.0 Å². The molecule has 7 heteroatoms. The lowest BCUT2D eigenvalue weighted by Gasteiger charge is -2.14. The van der Waals surface area contributed by atoms with Crippen LogP contribution in [0.15, 0.2) is 23.1 Å². The number of rotatable bonds is 3. The summed E-state index contributed by atoms with van der Waals surface area (Å²) in [6, 6.07) is 5.09. The number of sulfonamides is 1. The molecule has 2 unspecified atom stereocenters. The summed E-state index contributed by atoms with van der Waals surface area (Å²) in [5, 5.41) is 0.448. The maximum Gasteiger partial charge on any atom is 0.242 e. The predicted molar refractivity (Wildman–Crippen MR) is 70.6 cm³/mol. The molecule has 18 heavy (non-hydrogen) atoms. The van der Waals surface area contributed by atoms with E-state index in [1.807, 2.05) is 6.92 Å². The summed E-state index contributed by atoms with van der Waals surface area (Å²) in [7, 11) is -3.56. The molecule has 0 spiro atoms. The van der Waals surface area contributed by atoms with Gasteiger partial charge in [-0.1, -0.05) is 17.7 Å². The van der Waals surface area contributed by atoms with E-state index in [0.717, 1.165) is 0 Å². The van der Waals surface area contributed by atoms with Gasteiger partial charge in [0.25, 0.3) is 0 Å². The molecule has 0 aromatic heterocycles. The van der Waals surface area contributed by atoms with Crippen molar-refractivity contribution in [3.8, 4) is 0 Å². The van der Waals surface area contributed by atoms with Crippen molar-refractivity contribution in [2.75, 3.05) is 0 Å². The van der Waals surface area contributed by atoms with Gasteiger partial charge in [-0.05, 0) is 38.0 Å². The summed E-state index contributed by atoms with van der Waals surface area (Å²) in [4.78, 5) is 0.219. The molecule has 5 nitrogen and oxygen atoms in total. The molecule has 1 fully saturated rings. The molecule has 1 aromatic carbocycles. The minimum Gasteiger partial charge on any atom is -0.253 e. The van der Waals surface area contributed by atoms with Gasteiger partial charge in [0.2, 0.25) is 10.0 Å². The summed E-state index contributed by atoms with van der Waals surface area (Å²) in [6.45, 7) is 3.67. The Kier molecular flexibility index (Phi) is 3.93. The van der Waals surface area contributed by atoms with E-state index in [2.05, 4.69) is 15.6 Å². The SMILES string of the molecule is Cc1c(Cl)cccc1S(=O)(=O)NC1CC(C)NN1. The van der Waals surface area contributed by atoms with E-state index >= 15 is 0 Å². The van der Waals surface area contributed by atoms with Crippen molar-refractivity contribution < 1.29 is 8.42 Å². The minimum atomic E-state index is -3.56. The number of hydrogen-bond donors (Lipinski definition) is 3. The third-order valence-corrected chi connectivity index (χ3v) is 4.92. The molecule has 1 aliphatic heterocycles. The Bertz CT molecular complexity index is 547. The molecule has 0 radical (unpaired) electrons. The van der Waals surface area contributed by atoms with E-state index in [9.17, 15) is 8.42 Å². The molecule has 0 bridgehead atoms. The molecular weight excluding hydrogens is 274 g/mol. The number of benzene rings is 1. The van der Waals surface area contributed by atoms with Crippen LogP contribution in [0.1, 0.15) is 18.9 Å². The average molecular weight is 290 g/mol. The molecule has 1 heterocycles. The van der Waals surface area contributed by atoms with Gasteiger partial charge in [-0.15, -0.1) is 0 Å². The van der Waals surface area contributed by atoms with Crippen molar-refractivity contribution in [1.29, 1.82) is 0 Å². The summed E-state index contributed by atoms with van der Waals surface area (Å²) in [5.41, 5.74) is 6.42. The zero-order chi connectivity index (χ0) is 13.3. The number of halogens is 1. The van der Waals surface area contributed by atoms with E-state index in [4.69, 9.17) is 11.6 Å². The number of nitrogens with one attached hydrogen (secondary N) is 3. The fourth-order valence-electron chi connectivity index (χ4n) is 1.92. The van der Waals surface area contributed by atoms with Gasteiger partial charge in [-0.3, -0.25) is 5.43 Å². The Labute approximate surface area is 112 Å².